The molecule has 0 aliphatic rings. The van der Waals surface area contributed by atoms with E-state index in [1.807, 2.05) is 18.2 Å². The van der Waals surface area contributed by atoms with E-state index < -0.39 is 0 Å². The van der Waals surface area contributed by atoms with Crippen molar-refractivity contribution in [3.8, 4) is 0 Å². The van der Waals surface area contributed by atoms with Crippen LogP contribution >= 0.6 is 0 Å². The Labute approximate surface area is 126 Å². The average Bonchev–Trinajstić information content (AvgIpc) is 2.44. The molecule has 0 saturated carbocycles. The number of hydrogen-bond donors (Lipinski definition) is 2. The number of carbonyl (C=O) groups excluding carboxylic acids is 1. The predicted octanol–water partition coefficient (Wildman–Crippen LogP) is 3.80. The molecule has 1 atom stereocenters. The van der Waals surface area contributed by atoms with Gasteiger partial charge in [0.05, 0.1) is 0 Å². The van der Waals surface area contributed by atoms with Gasteiger partial charge in [0.2, 0.25) is 5.91 Å². The van der Waals surface area contributed by atoms with Crippen molar-refractivity contribution in [1.29, 1.82) is 0 Å². The van der Waals surface area contributed by atoms with Gasteiger partial charge in [-0.25, -0.2) is 0 Å². The van der Waals surface area contributed by atoms with E-state index in [1.165, 1.54) is 18.1 Å². The van der Waals surface area contributed by atoms with Crippen LogP contribution in [-0.4, -0.2) is 5.91 Å². The van der Waals surface area contributed by atoms with Crippen molar-refractivity contribution in [3.63, 3.8) is 0 Å². The lowest BCUT2D eigenvalue weighted by molar-refractivity contribution is -0.114. The van der Waals surface area contributed by atoms with Crippen LogP contribution in [0.5, 0.6) is 0 Å². The van der Waals surface area contributed by atoms with Gasteiger partial charge < -0.3 is 10.6 Å². The van der Waals surface area contributed by atoms with E-state index in [4.69, 9.17) is 0 Å². The van der Waals surface area contributed by atoms with Crippen molar-refractivity contribution in [2.75, 3.05) is 5.32 Å². The fraction of sp³-hybridized carbons (Fsp3) is 0.278. The lowest BCUT2D eigenvalue weighted by Gasteiger charge is -2.16. The average molecular weight is 282 g/mol. The van der Waals surface area contributed by atoms with Crippen molar-refractivity contribution < 1.29 is 4.79 Å². The molecular weight excluding hydrogens is 260 g/mol. The summed E-state index contributed by atoms with van der Waals surface area (Å²) in [6.07, 6.45) is 0. The zero-order chi connectivity index (χ0) is 15.2. The number of benzene rings is 2. The minimum atomic E-state index is -0.0486. The third-order valence-corrected chi connectivity index (χ3v) is 3.40. The first-order valence-corrected chi connectivity index (χ1v) is 7.21. The number of rotatable bonds is 5. The smallest absolute Gasteiger partial charge is 0.221 e. The van der Waals surface area contributed by atoms with Crippen LogP contribution in [0.15, 0.2) is 48.5 Å². The quantitative estimate of drug-likeness (QED) is 0.875. The van der Waals surface area contributed by atoms with Crippen LogP contribution in [0.1, 0.15) is 36.6 Å². The molecule has 1 unspecified atom stereocenters. The third kappa shape index (κ3) is 4.72. The summed E-state index contributed by atoms with van der Waals surface area (Å²) in [5.41, 5.74) is 4.55. The Kier molecular flexibility index (Phi) is 5.12. The second kappa shape index (κ2) is 7.04. The van der Waals surface area contributed by atoms with Gasteiger partial charge in [-0.2, -0.15) is 0 Å². The van der Waals surface area contributed by atoms with Crippen LogP contribution in [0.3, 0.4) is 0 Å². The highest BCUT2D eigenvalue weighted by molar-refractivity contribution is 5.88. The molecule has 2 N–H and O–H groups in total. The number of hydrogen-bond acceptors (Lipinski definition) is 2. The predicted molar refractivity (Wildman–Crippen MR) is 87.2 cm³/mol. The van der Waals surface area contributed by atoms with E-state index in [-0.39, 0.29) is 11.9 Å². The van der Waals surface area contributed by atoms with Crippen molar-refractivity contribution in [3.05, 3.63) is 65.2 Å². The first-order chi connectivity index (χ1) is 10.0. The van der Waals surface area contributed by atoms with Gasteiger partial charge in [-0.15, -0.1) is 0 Å². The Hall–Kier alpha value is -2.13. The number of anilines is 1. The normalized spacial score (nSPS) is 12.0. The monoisotopic (exact) mass is 282 g/mol. The molecule has 0 aromatic heterocycles. The van der Waals surface area contributed by atoms with Crippen molar-refractivity contribution in [2.45, 2.75) is 33.4 Å². The number of carbonyl (C=O) groups is 1. The number of nitrogens with one attached hydrogen (secondary N) is 2. The zero-order valence-corrected chi connectivity index (χ0v) is 12.8. The molecule has 0 fully saturated rings. The summed E-state index contributed by atoms with van der Waals surface area (Å²) in [6.45, 7) is 6.58. The van der Waals surface area contributed by atoms with Gasteiger partial charge >= 0.3 is 0 Å². The molecule has 0 aliphatic carbocycles. The van der Waals surface area contributed by atoms with E-state index in [0.717, 1.165) is 17.8 Å². The first-order valence-electron chi connectivity index (χ1n) is 7.21. The summed E-state index contributed by atoms with van der Waals surface area (Å²) >= 11 is 0. The van der Waals surface area contributed by atoms with Gasteiger partial charge in [0, 0.05) is 25.2 Å². The maximum atomic E-state index is 11.1. The molecule has 0 spiro atoms. The molecule has 0 radical (unpaired) electrons. The molecule has 0 heterocycles. The molecule has 0 bridgehead atoms. The van der Waals surface area contributed by atoms with E-state index in [9.17, 15) is 4.79 Å². The Morgan fingerprint density at radius 2 is 1.90 bits per heavy atom. The SMILES string of the molecule is CC(=O)Nc1cccc(C(C)NCc2cccc(C)c2)c1. The second-order valence-corrected chi connectivity index (χ2v) is 5.40. The summed E-state index contributed by atoms with van der Waals surface area (Å²) in [5, 5.41) is 6.32. The van der Waals surface area contributed by atoms with Crippen molar-refractivity contribution in [2.24, 2.45) is 0 Å². The molecule has 0 saturated heterocycles. The summed E-state index contributed by atoms with van der Waals surface area (Å²) < 4.78 is 0. The van der Waals surface area contributed by atoms with Crippen molar-refractivity contribution >= 4 is 11.6 Å². The van der Waals surface area contributed by atoms with Crippen LogP contribution in [0.2, 0.25) is 0 Å². The zero-order valence-electron chi connectivity index (χ0n) is 12.8. The summed E-state index contributed by atoms with van der Waals surface area (Å²) in [6, 6.07) is 16.7. The van der Waals surface area contributed by atoms with Gasteiger partial charge in [-0.05, 0) is 37.1 Å². The van der Waals surface area contributed by atoms with E-state index in [1.54, 1.807) is 0 Å². The van der Waals surface area contributed by atoms with E-state index >= 15 is 0 Å². The van der Waals surface area contributed by atoms with E-state index in [0.29, 0.717) is 0 Å². The molecule has 1 amide bonds. The second-order valence-electron chi connectivity index (χ2n) is 5.40. The van der Waals surface area contributed by atoms with Gasteiger partial charge in [-0.3, -0.25) is 4.79 Å². The Morgan fingerprint density at radius 1 is 1.14 bits per heavy atom. The number of aryl methyl sites for hydroxylation is 1. The lowest BCUT2D eigenvalue weighted by Crippen LogP contribution is -2.18. The highest BCUT2D eigenvalue weighted by atomic mass is 16.1. The Morgan fingerprint density at radius 3 is 2.62 bits per heavy atom. The van der Waals surface area contributed by atoms with Gasteiger partial charge in [-0.1, -0.05) is 42.0 Å². The molecule has 3 nitrogen and oxygen atoms in total. The van der Waals surface area contributed by atoms with Crippen LogP contribution in [0.25, 0.3) is 0 Å². The highest BCUT2D eigenvalue weighted by Gasteiger charge is 2.06. The fourth-order valence-electron chi connectivity index (χ4n) is 2.30. The maximum Gasteiger partial charge on any atom is 0.221 e. The summed E-state index contributed by atoms with van der Waals surface area (Å²) in [7, 11) is 0. The largest absolute Gasteiger partial charge is 0.326 e. The standard InChI is InChI=1S/C18H22N2O/c1-13-6-4-7-16(10-13)12-19-14(2)17-8-5-9-18(11-17)20-15(3)21/h4-11,14,19H,12H2,1-3H3,(H,20,21). The van der Waals surface area contributed by atoms with E-state index in [2.05, 4.69) is 54.8 Å². The first kappa shape index (κ1) is 15.3. The van der Waals surface area contributed by atoms with Gasteiger partial charge in [0.1, 0.15) is 0 Å². The van der Waals surface area contributed by atoms with Gasteiger partial charge in [0.15, 0.2) is 0 Å². The minimum absolute atomic E-state index is 0.0486. The van der Waals surface area contributed by atoms with Crippen LogP contribution in [0.4, 0.5) is 5.69 Å². The Bertz CT molecular complexity index is 622. The molecule has 3 heteroatoms. The van der Waals surface area contributed by atoms with Gasteiger partial charge in [0.25, 0.3) is 0 Å². The molecule has 21 heavy (non-hydrogen) atoms. The van der Waals surface area contributed by atoms with Crippen molar-refractivity contribution in [1.82, 2.24) is 5.32 Å². The minimum Gasteiger partial charge on any atom is -0.326 e. The lowest BCUT2D eigenvalue weighted by atomic mass is 10.1. The summed E-state index contributed by atoms with van der Waals surface area (Å²) in [4.78, 5) is 11.1. The molecular formula is C18H22N2O. The summed E-state index contributed by atoms with van der Waals surface area (Å²) in [5.74, 6) is -0.0486. The van der Waals surface area contributed by atoms with Crippen LogP contribution < -0.4 is 10.6 Å². The molecule has 2 aromatic rings. The highest BCUT2D eigenvalue weighted by Crippen LogP contribution is 2.18. The fourth-order valence-corrected chi connectivity index (χ4v) is 2.30. The number of amides is 1. The molecule has 2 rings (SSSR count). The van der Waals surface area contributed by atoms with Crippen LogP contribution in [-0.2, 0) is 11.3 Å². The maximum absolute atomic E-state index is 11.1. The molecule has 0 aliphatic heterocycles. The Balaban J connectivity index is 1.99. The van der Waals surface area contributed by atoms with Crippen LogP contribution in [0, 0.1) is 6.92 Å². The third-order valence-electron chi connectivity index (χ3n) is 3.40. The molecule has 110 valence electrons. The molecule has 2 aromatic carbocycles. The topological polar surface area (TPSA) is 41.1 Å².